The van der Waals surface area contributed by atoms with Crippen LogP contribution in [0.4, 0.5) is 5.69 Å². The molecule has 4 nitrogen and oxygen atoms in total. The lowest BCUT2D eigenvalue weighted by Crippen LogP contribution is -2.28. The van der Waals surface area contributed by atoms with Crippen LogP contribution in [0.3, 0.4) is 0 Å². The first-order valence-electron chi connectivity index (χ1n) is 9.26. The molecule has 1 amide bonds. The van der Waals surface area contributed by atoms with Crippen molar-refractivity contribution in [3.05, 3.63) is 70.9 Å². The molecule has 1 aromatic heterocycles. The Morgan fingerprint density at radius 1 is 1.11 bits per heavy atom. The summed E-state index contributed by atoms with van der Waals surface area (Å²) in [6, 6.07) is 17.6. The lowest BCUT2D eigenvalue weighted by atomic mass is 10.1. The Kier molecular flexibility index (Phi) is 4.99. The zero-order valence-electron chi connectivity index (χ0n) is 15.4. The number of amides is 1. The highest BCUT2D eigenvalue weighted by atomic mass is 35.5. The largest absolute Gasteiger partial charge is 0.371 e. The number of rotatable bonds is 4. The summed E-state index contributed by atoms with van der Waals surface area (Å²) in [5.74, 6) is 0.00285. The summed E-state index contributed by atoms with van der Waals surface area (Å²) in [6.07, 6.45) is 2.47. The molecule has 1 aliphatic heterocycles. The molecule has 0 saturated carbocycles. The van der Waals surface area contributed by atoms with Gasteiger partial charge in [-0.2, -0.15) is 0 Å². The molecule has 4 rings (SSSR count). The fourth-order valence-corrected chi connectivity index (χ4v) is 3.85. The van der Waals surface area contributed by atoms with Gasteiger partial charge >= 0.3 is 0 Å². The highest BCUT2D eigenvalue weighted by Crippen LogP contribution is 2.26. The molecule has 0 unspecified atom stereocenters. The Morgan fingerprint density at radius 3 is 2.70 bits per heavy atom. The average molecular weight is 380 g/mol. The Balaban J connectivity index is 1.56. The second kappa shape index (κ2) is 7.57. The second-order valence-electron chi connectivity index (χ2n) is 7.03. The Bertz CT molecular complexity index is 982. The molecule has 27 heavy (non-hydrogen) atoms. The van der Waals surface area contributed by atoms with Crippen LogP contribution in [-0.2, 0) is 6.54 Å². The fraction of sp³-hybridized carbons (Fsp3) is 0.273. The zero-order chi connectivity index (χ0) is 18.8. The van der Waals surface area contributed by atoms with Crippen LogP contribution in [0.2, 0.25) is 5.15 Å². The smallest absolute Gasteiger partial charge is 0.253 e. The number of halogens is 1. The summed E-state index contributed by atoms with van der Waals surface area (Å²) >= 11 is 5.94. The second-order valence-corrected chi connectivity index (χ2v) is 7.41. The van der Waals surface area contributed by atoms with Gasteiger partial charge in [0, 0.05) is 43.3 Å². The number of hydrogen-bond donors (Lipinski definition) is 0. The maximum absolute atomic E-state index is 13.0. The normalized spacial score (nSPS) is 13.9. The summed E-state index contributed by atoms with van der Waals surface area (Å²) in [5, 5.41) is 1.37. The first-order valence-corrected chi connectivity index (χ1v) is 9.64. The average Bonchev–Trinajstić information content (AvgIpc) is 3.22. The van der Waals surface area contributed by atoms with Crippen LogP contribution in [0.15, 0.2) is 54.6 Å². The molecule has 0 bridgehead atoms. The molecule has 2 aromatic carbocycles. The number of aromatic nitrogens is 1. The molecule has 1 saturated heterocycles. The van der Waals surface area contributed by atoms with E-state index < -0.39 is 0 Å². The van der Waals surface area contributed by atoms with Gasteiger partial charge in [0.05, 0.1) is 5.52 Å². The van der Waals surface area contributed by atoms with Gasteiger partial charge in [-0.15, -0.1) is 0 Å². The first-order chi connectivity index (χ1) is 13.1. The van der Waals surface area contributed by atoms with Gasteiger partial charge in [-0.1, -0.05) is 29.8 Å². The maximum atomic E-state index is 13.0. The standard InChI is InChI=1S/C22H22ClN3O/c1-25(15-18-6-2-3-7-20(18)26-12-4-5-13-26)22(27)17-8-10-19-16(14-17)9-11-21(23)24-19/h2-3,6-11,14H,4-5,12-13,15H2,1H3. The van der Waals surface area contributed by atoms with E-state index in [1.54, 1.807) is 11.0 Å². The van der Waals surface area contributed by atoms with Gasteiger partial charge in [0.15, 0.2) is 0 Å². The third-order valence-electron chi connectivity index (χ3n) is 5.09. The number of hydrogen-bond acceptors (Lipinski definition) is 3. The summed E-state index contributed by atoms with van der Waals surface area (Å²) in [6.45, 7) is 2.77. The third kappa shape index (κ3) is 3.76. The van der Waals surface area contributed by atoms with E-state index in [0.717, 1.165) is 24.0 Å². The lowest BCUT2D eigenvalue weighted by Gasteiger charge is -2.24. The molecule has 1 fully saturated rings. The van der Waals surface area contributed by atoms with E-state index in [4.69, 9.17) is 11.6 Å². The molecule has 138 valence electrons. The highest BCUT2D eigenvalue weighted by molar-refractivity contribution is 6.29. The van der Waals surface area contributed by atoms with Crippen molar-refractivity contribution in [3.8, 4) is 0 Å². The van der Waals surface area contributed by atoms with Crippen molar-refractivity contribution in [1.29, 1.82) is 0 Å². The van der Waals surface area contributed by atoms with E-state index >= 15 is 0 Å². The molecule has 1 aliphatic rings. The number of anilines is 1. The lowest BCUT2D eigenvalue weighted by molar-refractivity contribution is 0.0785. The van der Waals surface area contributed by atoms with Crippen LogP contribution >= 0.6 is 11.6 Å². The number of para-hydroxylation sites is 1. The summed E-state index contributed by atoms with van der Waals surface area (Å²) in [5.41, 5.74) is 3.88. The van der Waals surface area contributed by atoms with E-state index in [-0.39, 0.29) is 5.91 Å². The van der Waals surface area contributed by atoms with Gasteiger partial charge in [0.1, 0.15) is 5.15 Å². The maximum Gasteiger partial charge on any atom is 0.253 e. The Labute approximate surface area is 164 Å². The quantitative estimate of drug-likeness (QED) is 0.613. The number of carbonyl (C=O) groups excluding carboxylic acids is 1. The van der Waals surface area contributed by atoms with Gasteiger partial charge < -0.3 is 9.80 Å². The summed E-state index contributed by atoms with van der Waals surface area (Å²) in [4.78, 5) is 21.4. The van der Waals surface area contributed by atoms with Crippen molar-refractivity contribution >= 4 is 34.1 Å². The number of carbonyl (C=O) groups is 1. The van der Waals surface area contributed by atoms with E-state index in [1.165, 1.54) is 24.1 Å². The van der Waals surface area contributed by atoms with Crippen LogP contribution in [0.5, 0.6) is 0 Å². The van der Waals surface area contributed by atoms with Crippen LogP contribution < -0.4 is 4.90 Å². The monoisotopic (exact) mass is 379 g/mol. The molecular weight excluding hydrogens is 358 g/mol. The topological polar surface area (TPSA) is 36.4 Å². The fourth-order valence-electron chi connectivity index (χ4n) is 3.69. The van der Waals surface area contributed by atoms with Crippen LogP contribution in [0, 0.1) is 0 Å². The third-order valence-corrected chi connectivity index (χ3v) is 5.31. The predicted molar refractivity (Wildman–Crippen MR) is 110 cm³/mol. The molecule has 0 spiro atoms. The molecule has 3 aromatic rings. The Hall–Kier alpha value is -2.59. The van der Waals surface area contributed by atoms with Gasteiger partial charge in [0.2, 0.25) is 0 Å². The van der Waals surface area contributed by atoms with Gasteiger partial charge in [-0.3, -0.25) is 4.79 Å². The van der Waals surface area contributed by atoms with Crippen molar-refractivity contribution in [2.24, 2.45) is 0 Å². The highest BCUT2D eigenvalue weighted by Gasteiger charge is 2.18. The molecule has 0 aliphatic carbocycles. The Morgan fingerprint density at radius 2 is 1.89 bits per heavy atom. The van der Waals surface area contributed by atoms with E-state index in [1.807, 2.05) is 37.4 Å². The van der Waals surface area contributed by atoms with Crippen LogP contribution in [0.1, 0.15) is 28.8 Å². The predicted octanol–water partition coefficient (Wildman–Crippen LogP) is 4.76. The van der Waals surface area contributed by atoms with E-state index in [0.29, 0.717) is 17.3 Å². The van der Waals surface area contributed by atoms with Crippen molar-refractivity contribution in [2.45, 2.75) is 19.4 Å². The number of pyridine rings is 1. The summed E-state index contributed by atoms with van der Waals surface area (Å²) < 4.78 is 0. The van der Waals surface area contributed by atoms with Gasteiger partial charge in [-0.25, -0.2) is 4.98 Å². The molecule has 0 radical (unpaired) electrons. The number of benzene rings is 2. The van der Waals surface area contributed by atoms with Crippen molar-refractivity contribution in [1.82, 2.24) is 9.88 Å². The molecule has 2 heterocycles. The molecule has 5 heteroatoms. The molecular formula is C22H22ClN3O. The van der Waals surface area contributed by atoms with Crippen molar-refractivity contribution in [2.75, 3.05) is 25.0 Å². The first kappa shape index (κ1) is 17.8. The van der Waals surface area contributed by atoms with Gasteiger partial charge in [-0.05, 0) is 54.8 Å². The van der Waals surface area contributed by atoms with Crippen LogP contribution in [-0.4, -0.2) is 35.9 Å². The minimum Gasteiger partial charge on any atom is -0.371 e. The van der Waals surface area contributed by atoms with Crippen molar-refractivity contribution in [3.63, 3.8) is 0 Å². The minimum absolute atomic E-state index is 0.00285. The SMILES string of the molecule is CN(Cc1ccccc1N1CCCC1)C(=O)c1ccc2nc(Cl)ccc2c1. The zero-order valence-corrected chi connectivity index (χ0v) is 16.1. The van der Waals surface area contributed by atoms with Crippen molar-refractivity contribution < 1.29 is 4.79 Å². The number of nitrogens with zero attached hydrogens (tertiary/aromatic N) is 3. The van der Waals surface area contributed by atoms with Crippen LogP contribution in [0.25, 0.3) is 10.9 Å². The number of fused-ring (bicyclic) bond motifs is 1. The van der Waals surface area contributed by atoms with Gasteiger partial charge in [0.25, 0.3) is 5.91 Å². The van der Waals surface area contributed by atoms with E-state index in [2.05, 4.69) is 28.1 Å². The molecule has 0 N–H and O–H groups in total. The van der Waals surface area contributed by atoms with E-state index in [9.17, 15) is 4.79 Å². The minimum atomic E-state index is 0.00285. The summed E-state index contributed by atoms with van der Waals surface area (Å²) in [7, 11) is 1.85. The molecule has 0 atom stereocenters.